The van der Waals surface area contributed by atoms with Gasteiger partial charge in [0.1, 0.15) is 0 Å². The van der Waals surface area contributed by atoms with Gasteiger partial charge in [-0.2, -0.15) is 0 Å². The van der Waals surface area contributed by atoms with Crippen molar-refractivity contribution in [1.82, 2.24) is 4.90 Å². The van der Waals surface area contributed by atoms with Crippen LogP contribution in [0.3, 0.4) is 0 Å². The molecule has 2 N–H and O–H groups in total. The molecule has 0 spiro atoms. The minimum absolute atomic E-state index is 0. The first kappa shape index (κ1) is 18.5. The average Bonchev–Trinajstić information content (AvgIpc) is 2.90. The highest BCUT2D eigenvalue weighted by molar-refractivity contribution is 7.14. The van der Waals surface area contributed by atoms with Crippen LogP contribution in [0.1, 0.15) is 12.8 Å². The first-order valence-electron chi connectivity index (χ1n) is 6.07. The molecule has 2 rings (SSSR count). The molecular weight excluding hydrogens is 305 g/mol. The molecule has 1 saturated heterocycles. The third kappa shape index (κ3) is 5.18. The van der Waals surface area contributed by atoms with Crippen LogP contribution < -0.4 is 10.6 Å². The lowest BCUT2D eigenvalue weighted by Gasteiger charge is -2.35. The normalized spacial score (nSPS) is 14.6. The Labute approximate surface area is 130 Å². The van der Waals surface area contributed by atoms with Gasteiger partial charge in [0.05, 0.1) is 5.00 Å². The molecule has 1 amide bonds. The first-order chi connectivity index (χ1) is 8.31. The fourth-order valence-electron chi connectivity index (χ4n) is 2.04. The average molecular weight is 326 g/mol. The van der Waals surface area contributed by atoms with E-state index in [0.29, 0.717) is 13.0 Å². The van der Waals surface area contributed by atoms with Gasteiger partial charge in [-0.15, -0.1) is 36.2 Å². The number of nitrogens with zero attached hydrogens (tertiary/aromatic N) is 2. The van der Waals surface area contributed by atoms with E-state index in [1.165, 1.54) is 5.00 Å². The zero-order chi connectivity index (χ0) is 12.1. The van der Waals surface area contributed by atoms with Gasteiger partial charge < -0.3 is 15.5 Å². The minimum atomic E-state index is 0. The predicted molar refractivity (Wildman–Crippen MR) is 85.9 cm³/mol. The molecule has 0 bridgehead atoms. The molecule has 2 heterocycles. The van der Waals surface area contributed by atoms with E-state index in [1.807, 2.05) is 4.90 Å². The molecule has 1 aliphatic rings. The van der Waals surface area contributed by atoms with Gasteiger partial charge in [0.2, 0.25) is 5.91 Å². The number of carbonyl (C=O) groups is 1. The molecule has 4 nitrogen and oxygen atoms in total. The Balaban J connectivity index is 0.00000162. The third-order valence-corrected chi connectivity index (χ3v) is 3.97. The maximum atomic E-state index is 11.8. The summed E-state index contributed by atoms with van der Waals surface area (Å²) in [4.78, 5) is 16.1. The smallest absolute Gasteiger partial charge is 0.222 e. The van der Waals surface area contributed by atoms with E-state index in [2.05, 4.69) is 22.4 Å². The van der Waals surface area contributed by atoms with E-state index >= 15 is 0 Å². The Kier molecular flexibility index (Phi) is 9.18. The maximum Gasteiger partial charge on any atom is 0.222 e. The van der Waals surface area contributed by atoms with Crippen LogP contribution in [-0.2, 0) is 4.79 Å². The van der Waals surface area contributed by atoms with Crippen molar-refractivity contribution in [2.45, 2.75) is 12.8 Å². The first-order valence-corrected chi connectivity index (χ1v) is 6.95. The highest BCUT2D eigenvalue weighted by Crippen LogP contribution is 2.22. The minimum Gasteiger partial charge on any atom is -0.360 e. The molecule has 110 valence electrons. The number of carbonyl (C=O) groups excluding carboxylic acids is 1. The van der Waals surface area contributed by atoms with E-state index in [9.17, 15) is 4.79 Å². The van der Waals surface area contributed by atoms with Crippen molar-refractivity contribution in [3.63, 3.8) is 0 Å². The van der Waals surface area contributed by atoms with Crippen molar-refractivity contribution < 1.29 is 4.79 Å². The number of piperazine rings is 1. The molecule has 0 saturated carbocycles. The molecule has 1 aliphatic heterocycles. The fourth-order valence-corrected chi connectivity index (χ4v) is 2.82. The summed E-state index contributed by atoms with van der Waals surface area (Å²) in [5, 5.41) is 3.40. The zero-order valence-electron chi connectivity index (χ0n) is 10.8. The van der Waals surface area contributed by atoms with Crippen LogP contribution in [-0.4, -0.2) is 43.5 Å². The Bertz CT molecular complexity index is 354. The molecule has 0 atom stereocenters. The Hall–Kier alpha value is -0.490. The number of hydrogen-bond acceptors (Lipinski definition) is 4. The number of amides is 1. The Morgan fingerprint density at radius 3 is 2.47 bits per heavy atom. The van der Waals surface area contributed by atoms with Gasteiger partial charge in [-0.3, -0.25) is 4.79 Å². The summed E-state index contributed by atoms with van der Waals surface area (Å²) in [6.45, 7) is 4.15. The number of halogens is 2. The van der Waals surface area contributed by atoms with Gasteiger partial charge in [0.25, 0.3) is 0 Å². The lowest BCUT2D eigenvalue weighted by Crippen LogP contribution is -2.48. The van der Waals surface area contributed by atoms with E-state index in [1.54, 1.807) is 11.3 Å². The number of thiophene rings is 1. The van der Waals surface area contributed by atoms with Crippen molar-refractivity contribution in [2.75, 3.05) is 37.6 Å². The molecule has 1 fully saturated rings. The maximum absolute atomic E-state index is 11.8. The molecule has 1 aromatic rings. The molecule has 7 heteroatoms. The van der Waals surface area contributed by atoms with Crippen LogP contribution in [0, 0.1) is 0 Å². The number of hydrogen-bond donors (Lipinski definition) is 1. The third-order valence-electron chi connectivity index (χ3n) is 3.04. The van der Waals surface area contributed by atoms with Crippen LogP contribution in [0.2, 0.25) is 0 Å². The van der Waals surface area contributed by atoms with Crippen LogP contribution in [0.25, 0.3) is 0 Å². The van der Waals surface area contributed by atoms with Crippen molar-refractivity contribution >= 4 is 47.1 Å². The SMILES string of the molecule is Cl.Cl.NCCCC(=O)N1CCN(c2cccs2)CC1. The van der Waals surface area contributed by atoms with E-state index in [4.69, 9.17) is 5.73 Å². The van der Waals surface area contributed by atoms with Gasteiger partial charge in [-0.1, -0.05) is 0 Å². The number of anilines is 1. The van der Waals surface area contributed by atoms with Crippen LogP contribution >= 0.6 is 36.2 Å². The molecule has 19 heavy (non-hydrogen) atoms. The second-order valence-corrected chi connectivity index (χ2v) is 5.14. The molecular formula is C12H21Cl2N3OS. The quantitative estimate of drug-likeness (QED) is 0.920. The lowest BCUT2D eigenvalue weighted by atomic mass is 10.2. The second-order valence-electron chi connectivity index (χ2n) is 4.21. The summed E-state index contributed by atoms with van der Waals surface area (Å²) < 4.78 is 0. The molecule has 0 aromatic carbocycles. The largest absolute Gasteiger partial charge is 0.360 e. The van der Waals surface area contributed by atoms with Crippen molar-refractivity contribution in [2.24, 2.45) is 5.73 Å². The summed E-state index contributed by atoms with van der Waals surface area (Å²) in [6.07, 6.45) is 1.39. The summed E-state index contributed by atoms with van der Waals surface area (Å²) in [5.74, 6) is 0.251. The predicted octanol–water partition coefficient (Wildman–Crippen LogP) is 1.98. The lowest BCUT2D eigenvalue weighted by molar-refractivity contribution is -0.131. The van der Waals surface area contributed by atoms with Gasteiger partial charge in [0, 0.05) is 32.6 Å². The zero-order valence-corrected chi connectivity index (χ0v) is 13.2. The summed E-state index contributed by atoms with van der Waals surface area (Å²) in [6, 6.07) is 4.20. The Morgan fingerprint density at radius 2 is 1.95 bits per heavy atom. The molecule has 0 unspecified atom stereocenters. The molecule has 0 radical (unpaired) electrons. The van der Waals surface area contributed by atoms with Crippen molar-refractivity contribution in [1.29, 1.82) is 0 Å². The van der Waals surface area contributed by atoms with Crippen LogP contribution in [0.15, 0.2) is 17.5 Å². The van der Waals surface area contributed by atoms with E-state index in [0.717, 1.165) is 32.6 Å². The summed E-state index contributed by atoms with van der Waals surface area (Å²) in [7, 11) is 0. The van der Waals surface area contributed by atoms with Gasteiger partial charge in [0.15, 0.2) is 0 Å². The van der Waals surface area contributed by atoms with Crippen molar-refractivity contribution in [3.05, 3.63) is 17.5 Å². The standard InChI is InChI=1S/C12H19N3OS.2ClH/c13-5-1-3-11(16)14-6-8-15(9-7-14)12-4-2-10-17-12;;/h2,4,10H,1,3,5-9,13H2;2*1H. The highest BCUT2D eigenvalue weighted by Gasteiger charge is 2.20. The fraction of sp³-hybridized carbons (Fsp3) is 0.583. The highest BCUT2D eigenvalue weighted by atomic mass is 35.5. The monoisotopic (exact) mass is 325 g/mol. The second kappa shape index (κ2) is 9.42. The van der Waals surface area contributed by atoms with Crippen LogP contribution in [0.4, 0.5) is 5.00 Å². The van der Waals surface area contributed by atoms with E-state index in [-0.39, 0.29) is 30.7 Å². The summed E-state index contributed by atoms with van der Waals surface area (Å²) in [5.41, 5.74) is 5.41. The topological polar surface area (TPSA) is 49.6 Å². The van der Waals surface area contributed by atoms with Gasteiger partial charge in [-0.25, -0.2) is 0 Å². The van der Waals surface area contributed by atoms with Crippen molar-refractivity contribution in [3.8, 4) is 0 Å². The molecule has 0 aliphatic carbocycles. The number of nitrogens with two attached hydrogens (primary N) is 1. The Morgan fingerprint density at radius 1 is 1.26 bits per heavy atom. The number of rotatable bonds is 4. The summed E-state index contributed by atoms with van der Waals surface area (Å²) >= 11 is 1.76. The van der Waals surface area contributed by atoms with E-state index < -0.39 is 0 Å². The van der Waals surface area contributed by atoms with Gasteiger partial charge >= 0.3 is 0 Å². The van der Waals surface area contributed by atoms with Gasteiger partial charge in [-0.05, 0) is 30.5 Å². The molecule has 1 aromatic heterocycles. The van der Waals surface area contributed by atoms with Crippen LogP contribution in [0.5, 0.6) is 0 Å².